The first kappa shape index (κ1) is 29.8. The number of nitrogens with zero attached hydrogens (tertiary/aromatic N) is 6. The number of anilines is 3. The van der Waals surface area contributed by atoms with Gasteiger partial charge in [0.15, 0.2) is 5.82 Å². The van der Waals surface area contributed by atoms with Crippen molar-refractivity contribution in [1.82, 2.24) is 20.0 Å². The van der Waals surface area contributed by atoms with Crippen LogP contribution in [0.1, 0.15) is 24.0 Å². The van der Waals surface area contributed by atoms with Crippen molar-refractivity contribution in [2.24, 2.45) is 0 Å². The van der Waals surface area contributed by atoms with Crippen molar-refractivity contribution < 1.29 is 19.0 Å². The largest absolute Gasteiger partial charge is 0.507 e. The van der Waals surface area contributed by atoms with Gasteiger partial charge in [-0.15, -0.1) is 10.2 Å². The van der Waals surface area contributed by atoms with Gasteiger partial charge in [0.25, 0.3) is 0 Å². The Hall–Kier alpha value is -4.90. The first-order valence-electron chi connectivity index (χ1n) is 15.8. The highest BCUT2D eigenvalue weighted by atomic mass is 19.1. The maximum atomic E-state index is 15.1. The summed E-state index contributed by atoms with van der Waals surface area (Å²) in [5, 5.41) is 18.8. The number of amides is 1. The van der Waals surface area contributed by atoms with Crippen molar-refractivity contribution in [3.8, 4) is 17.0 Å². The Balaban J connectivity index is 0.989. The monoisotopic (exact) mass is 623 g/mol. The number of phenols is 1. The number of aromatic nitrogens is 2. The van der Waals surface area contributed by atoms with Crippen LogP contribution in [0, 0.1) is 5.82 Å². The first-order chi connectivity index (χ1) is 22.4. The van der Waals surface area contributed by atoms with Crippen molar-refractivity contribution in [3.05, 3.63) is 95.8 Å². The van der Waals surface area contributed by atoms with E-state index in [0.717, 1.165) is 48.4 Å². The number of halogens is 1. The third-order valence-corrected chi connectivity index (χ3v) is 9.29. The highest BCUT2D eigenvalue weighted by Crippen LogP contribution is 2.39. The Morgan fingerprint density at radius 1 is 0.891 bits per heavy atom. The number of fused-ring (bicyclic) bond motifs is 2. The van der Waals surface area contributed by atoms with Gasteiger partial charge in [-0.1, -0.05) is 42.5 Å². The Morgan fingerprint density at radius 2 is 1.61 bits per heavy atom. The molecule has 3 saturated heterocycles. The zero-order valence-electron chi connectivity index (χ0n) is 25.6. The minimum atomic E-state index is -0.301. The zero-order chi connectivity index (χ0) is 31.6. The molecule has 0 aliphatic carbocycles. The summed E-state index contributed by atoms with van der Waals surface area (Å²) < 4.78 is 20.6. The van der Waals surface area contributed by atoms with Crippen LogP contribution >= 0.6 is 0 Å². The van der Waals surface area contributed by atoms with Crippen molar-refractivity contribution in [2.75, 3.05) is 54.8 Å². The summed E-state index contributed by atoms with van der Waals surface area (Å²) in [4.78, 5) is 21.2. The molecule has 46 heavy (non-hydrogen) atoms. The number of para-hydroxylation sites is 1. The molecule has 2 bridgehead atoms. The highest BCUT2D eigenvalue weighted by Gasteiger charge is 2.41. The lowest BCUT2D eigenvalue weighted by atomic mass is 10.1. The van der Waals surface area contributed by atoms with E-state index in [9.17, 15) is 9.90 Å². The van der Waals surface area contributed by atoms with Gasteiger partial charge in [-0.05, 0) is 60.4 Å². The summed E-state index contributed by atoms with van der Waals surface area (Å²) in [5.41, 5.74) is 11.1. The lowest BCUT2D eigenvalue weighted by Gasteiger charge is -2.43. The summed E-state index contributed by atoms with van der Waals surface area (Å²) >= 11 is 0. The van der Waals surface area contributed by atoms with Gasteiger partial charge in [0.2, 0.25) is 0 Å². The fourth-order valence-corrected chi connectivity index (χ4v) is 7.02. The number of nitrogen functional groups attached to an aromatic ring is 1. The van der Waals surface area contributed by atoms with Gasteiger partial charge in [-0.25, -0.2) is 9.18 Å². The van der Waals surface area contributed by atoms with Gasteiger partial charge in [0.05, 0.1) is 11.4 Å². The average molecular weight is 624 g/mol. The Morgan fingerprint density at radius 3 is 2.35 bits per heavy atom. The van der Waals surface area contributed by atoms with Gasteiger partial charge >= 0.3 is 6.09 Å². The fraction of sp³-hybridized carbons (Fsp3) is 0.343. The molecular weight excluding hydrogens is 585 g/mol. The Kier molecular flexibility index (Phi) is 8.32. The number of ether oxygens (including phenoxy) is 1. The van der Waals surface area contributed by atoms with Crippen molar-refractivity contribution >= 4 is 23.3 Å². The predicted octanol–water partition coefficient (Wildman–Crippen LogP) is 4.88. The molecule has 0 saturated carbocycles. The summed E-state index contributed by atoms with van der Waals surface area (Å²) in [6, 6.07) is 24.4. The van der Waals surface area contributed by atoms with E-state index >= 15 is 4.39 Å². The summed E-state index contributed by atoms with van der Waals surface area (Å²) in [6.45, 7) is 4.85. The van der Waals surface area contributed by atoms with Gasteiger partial charge in [-0.3, -0.25) is 4.90 Å². The number of benzene rings is 3. The molecule has 10 nitrogen and oxygen atoms in total. The molecule has 3 aromatic carbocycles. The van der Waals surface area contributed by atoms with Crippen LogP contribution in [-0.2, 0) is 17.9 Å². The number of piperazine rings is 2. The van der Waals surface area contributed by atoms with Crippen molar-refractivity contribution in [1.29, 1.82) is 0 Å². The van der Waals surface area contributed by atoms with E-state index < -0.39 is 0 Å². The summed E-state index contributed by atoms with van der Waals surface area (Å²) in [6.07, 6.45) is 1.70. The third kappa shape index (κ3) is 6.28. The minimum absolute atomic E-state index is 0.141. The second-order valence-corrected chi connectivity index (χ2v) is 12.3. The molecule has 3 fully saturated rings. The number of hydrogen-bond donors (Lipinski definition) is 2. The number of aromatic hydroxyl groups is 1. The molecule has 3 aliphatic heterocycles. The van der Waals surface area contributed by atoms with E-state index in [1.807, 2.05) is 48.5 Å². The molecule has 0 radical (unpaired) electrons. The molecule has 0 spiro atoms. The van der Waals surface area contributed by atoms with Gasteiger partial charge < -0.3 is 30.3 Å². The Bertz CT molecular complexity index is 1690. The van der Waals surface area contributed by atoms with Crippen LogP contribution in [-0.4, -0.2) is 82.5 Å². The summed E-state index contributed by atoms with van der Waals surface area (Å²) in [5.74, 6) is 0.250. The van der Waals surface area contributed by atoms with Crippen LogP contribution in [0.5, 0.6) is 5.75 Å². The fourth-order valence-electron chi connectivity index (χ4n) is 7.02. The zero-order valence-corrected chi connectivity index (χ0v) is 25.6. The lowest BCUT2D eigenvalue weighted by molar-refractivity contribution is 0.0700. The highest BCUT2D eigenvalue weighted by molar-refractivity contribution is 5.74. The van der Waals surface area contributed by atoms with E-state index in [0.29, 0.717) is 49.8 Å². The molecule has 7 rings (SSSR count). The van der Waals surface area contributed by atoms with E-state index in [-0.39, 0.29) is 36.4 Å². The molecule has 4 heterocycles. The molecule has 1 amide bonds. The number of nitrogens with two attached hydrogens (primary N) is 1. The third-order valence-electron chi connectivity index (χ3n) is 9.29. The average Bonchev–Trinajstić information content (AvgIpc) is 3.34. The molecule has 2 unspecified atom stereocenters. The lowest BCUT2D eigenvalue weighted by Crippen LogP contribution is -2.54. The molecular formula is C35H38FN7O3. The second-order valence-electron chi connectivity index (χ2n) is 12.3. The maximum absolute atomic E-state index is 15.1. The molecule has 2 atom stereocenters. The van der Waals surface area contributed by atoms with Crippen molar-refractivity contribution in [3.63, 3.8) is 0 Å². The maximum Gasteiger partial charge on any atom is 0.410 e. The molecule has 3 N–H and O–H groups in total. The first-order valence-corrected chi connectivity index (χ1v) is 15.8. The Labute approximate surface area is 267 Å². The molecule has 3 aliphatic rings. The van der Waals surface area contributed by atoms with Crippen molar-refractivity contribution in [2.45, 2.75) is 38.1 Å². The normalized spacial score (nSPS) is 19.8. The van der Waals surface area contributed by atoms with Crippen LogP contribution in [0.4, 0.5) is 26.4 Å². The minimum Gasteiger partial charge on any atom is -0.507 e. The van der Waals surface area contributed by atoms with Crippen LogP contribution in [0.2, 0.25) is 0 Å². The molecule has 238 valence electrons. The quantitative estimate of drug-likeness (QED) is 0.298. The van der Waals surface area contributed by atoms with Crippen LogP contribution in [0.25, 0.3) is 11.3 Å². The molecule has 4 aromatic rings. The van der Waals surface area contributed by atoms with E-state index in [4.69, 9.17) is 10.5 Å². The standard InChI is InChI=1S/C35H38FN7O3/c36-26-16-25(20-40-12-14-41(15-13-40)35(45)46-23-24-6-2-1-3-7-24)17-29(18-26)43-27-10-11-28(43)22-42(21-27)32-19-31(38-39-34(32)37)30-8-4-5-9-33(30)44/h1-9,16-19,27-28,44H,10-15,20-23H2,(H2,37,39). The topological polar surface area (TPSA) is 111 Å². The predicted molar refractivity (Wildman–Crippen MR) is 175 cm³/mol. The second kappa shape index (κ2) is 12.8. The number of rotatable bonds is 7. The van der Waals surface area contributed by atoms with Gasteiger partial charge in [0, 0.05) is 69.1 Å². The van der Waals surface area contributed by atoms with E-state index in [1.54, 1.807) is 29.2 Å². The smallest absolute Gasteiger partial charge is 0.410 e. The van der Waals surface area contributed by atoms with Gasteiger partial charge in [-0.2, -0.15) is 0 Å². The van der Waals surface area contributed by atoms with Crippen LogP contribution < -0.4 is 15.5 Å². The van der Waals surface area contributed by atoms with Gasteiger partial charge in [0.1, 0.15) is 18.2 Å². The summed E-state index contributed by atoms with van der Waals surface area (Å²) in [7, 11) is 0. The number of carbonyl (C=O) groups excluding carboxylic acids is 1. The molecule has 11 heteroatoms. The van der Waals surface area contributed by atoms with E-state index in [2.05, 4.69) is 31.0 Å². The van der Waals surface area contributed by atoms with Crippen LogP contribution in [0.3, 0.4) is 0 Å². The number of carbonyl (C=O) groups is 1. The SMILES string of the molecule is Nc1nnc(-c2ccccc2O)cc1N1CC2CCC(C1)N2c1cc(F)cc(CN2CCN(C(=O)OCc3ccccc3)CC2)c1. The van der Waals surface area contributed by atoms with Crippen LogP contribution in [0.15, 0.2) is 78.9 Å². The molecule has 1 aromatic heterocycles. The number of phenolic OH excluding ortho intramolecular Hbond substituents is 1. The number of hydrogen-bond acceptors (Lipinski definition) is 9. The van der Waals surface area contributed by atoms with E-state index in [1.165, 1.54) is 0 Å².